The quantitative estimate of drug-likeness (QED) is 0.635. The first-order chi connectivity index (χ1) is 15.8. The molecule has 0 spiro atoms. The summed E-state index contributed by atoms with van der Waals surface area (Å²) in [6, 6.07) is 4.50. The monoisotopic (exact) mass is 517 g/mol. The molecule has 8 nitrogen and oxygen atoms in total. The molecule has 0 saturated carbocycles. The molecule has 2 amide bonds. The van der Waals surface area contributed by atoms with Crippen molar-refractivity contribution in [1.29, 1.82) is 4.78 Å². The van der Waals surface area contributed by atoms with Crippen molar-refractivity contribution in [3.8, 4) is 0 Å². The molecule has 34 heavy (non-hydrogen) atoms. The van der Waals surface area contributed by atoms with Crippen molar-refractivity contribution in [2.24, 2.45) is 0 Å². The van der Waals surface area contributed by atoms with Crippen molar-refractivity contribution in [2.75, 3.05) is 42.7 Å². The molecule has 1 aliphatic heterocycles. The van der Waals surface area contributed by atoms with Crippen molar-refractivity contribution in [3.63, 3.8) is 0 Å². The summed E-state index contributed by atoms with van der Waals surface area (Å²) >= 11 is 5.91. The number of aromatic nitrogens is 1. The van der Waals surface area contributed by atoms with Gasteiger partial charge < -0.3 is 15.1 Å². The molecule has 0 bridgehead atoms. The fourth-order valence-electron chi connectivity index (χ4n) is 3.59. The number of nitrogens with one attached hydrogen (secondary N) is 2. The number of pyridine rings is 1. The average Bonchev–Trinajstić information content (AvgIpc) is 2.98. The van der Waals surface area contributed by atoms with Crippen molar-refractivity contribution in [1.82, 2.24) is 9.88 Å². The van der Waals surface area contributed by atoms with Crippen LogP contribution >= 0.6 is 11.6 Å². The third-order valence-electron chi connectivity index (χ3n) is 5.31. The minimum Gasteiger partial charge on any atom is -0.369 e. The smallest absolute Gasteiger partial charge is 0.369 e. The number of nitrogens with zero attached hydrogens (tertiary/aromatic N) is 3. The highest BCUT2D eigenvalue weighted by atomic mass is 35.5. The van der Waals surface area contributed by atoms with Gasteiger partial charge in [-0.15, -0.1) is 0 Å². The normalized spacial score (nSPS) is 16.5. The zero-order valence-electron chi connectivity index (χ0n) is 18.4. The Morgan fingerprint density at radius 1 is 1.18 bits per heavy atom. The number of amides is 2. The number of carbonyl (C=O) groups is 2. The van der Waals surface area contributed by atoms with Gasteiger partial charge in [0.15, 0.2) is 0 Å². The average molecular weight is 518 g/mol. The van der Waals surface area contributed by atoms with E-state index in [0.29, 0.717) is 26.1 Å². The lowest BCUT2D eigenvalue weighted by atomic mass is 10.1. The van der Waals surface area contributed by atoms with Crippen LogP contribution in [0.4, 0.5) is 24.5 Å². The maximum absolute atomic E-state index is 13.6. The highest BCUT2D eigenvalue weighted by Gasteiger charge is 2.35. The fraction of sp³-hybridized carbons (Fsp3) is 0.381. The molecule has 1 fully saturated rings. The van der Waals surface area contributed by atoms with Crippen LogP contribution in [0.2, 0.25) is 5.02 Å². The van der Waals surface area contributed by atoms with Crippen molar-refractivity contribution in [2.45, 2.75) is 24.5 Å². The van der Waals surface area contributed by atoms with Crippen LogP contribution in [0.3, 0.4) is 0 Å². The fourth-order valence-corrected chi connectivity index (χ4v) is 4.48. The molecule has 1 unspecified atom stereocenters. The second kappa shape index (κ2) is 9.79. The Hall–Kier alpha value is -2.86. The molecule has 3 rings (SSSR count). The minimum absolute atomic E-state index is 0.0358. The largest absolute Gasteiger partial charge is 0.417 e. The topological polar surface area (TPSA) is 106 Å². The van der Waals surface area contributed by atoms with E-state index < -0.39 is 32.4 Å². The van der Waals surface area contributed by atoms with Gasteiger partial charge in [-0.05, 0) is 30.7 Å². The van der Waals surface area contributed by atoms with Gasteiger partial charge in [-0.3, -0.25) is 9.59 Å². The molecule has 13 heteroatoms. The van der Waals surface area contributed by atoms with E-state index in [-0.39, 0.29) is 34.4 Å². The summed E-state index contributed by atoms with van der Waals surface area (Å²) in [4.78, 5) is 32.0. The summed E-state index contributed by atoms with van der Waals surface area (Å²) in [5.41, 5.74) is -0.943. The Kier molecular flexibility index (Phi) is 7.41. The van der Waals surface area contributed by atoms with Gasteiger partial charge in [0, 0.05) is 51.2 Å². The van der Waals surface area contributed by atoms with E-state index in [1.54, 1.807) is 9.80 Å². The van der Waals surface area contributed by atoms with Crippen molar-refractivity contribution < 1.29 is 27.0 Å². The van der Waals surface area contributed by atoms with E-state index in [4.69, 9.17) is 16.4 Å². The molecule has 1 aromatic heterocycles. The maximum atomic E-state index is 13.6. The number of anilines is 2. The molecule has 2 N–H and O–H groups in total. The van der Waals surface area contributed by atoms with Crippen LogP contribution in [0.25, 0.3) is 0 Å². The Bertz CT molecular complexity index is 1220. The Morgan fingerprint density at radius 3 is 2.50 bits per heavy atom. The molecule has 1 atom stereocenters. The summed E-state index contributed by atoms with van der Waals surface area (Å²) in [5.74, 6) is -0.870. The maximum Gasteiger partial charge on any atom is 0.417 e. The van der Waals surface area contributed by atoms with Crippen molar-refractivity contribution >= 4 is 44.5 Å². The SMILES string of the molecule is CC(=O)N1CCCN(c2cc(C(F)(F)F)c(Cl)cc2C(=O)Nc2ccnc(S(C)(=N)=O)c2)CC1. The highest BCUT2D eigenvalue weighted by molar-refractivity contribution is 7.91. The van der Waals surface area contributed by atoms with Crippen LogP contribution in [0.5, 0.6) is 0 Å². The zero-order chi connectivity index (χ0) is 25.3. The Balaban J connectivity index is 2.01. The number of hydrogen-bond acceptors (Lipinski definition) is 6. The Labute approximate surface area is 200 Å². The molecule has 1 saturated heterocycles. The van der Waals surface area contributed by atoms with Crippen LogP contribution in [-0.4, -0.2) is 58.3 Å². The zero-order valence-corrected chi connectivity index (χ0v) is 20.0. The van der Waals surface area contributed by atoms with E-state index in [0.717, 1.165) is 12.1 Å². The van der Waals surface area contributed by atoms with E-state index >= 15 is 0 Å². The molecular weight excluding hydrogens is 495 g/mol. The first-order valence-corrected chi connectivity index (χ1v) is 12.5. The van der Waals surface area contributed by atoms with Crippen LogP contribution in [0, 0.1) is 4.78 Å². The molecule has 184 valence electrons. The lowest BCUT2D eigenvalue weighted by Gasteiger charge is -2.27. The lowest BCUT2D eigenvalue weighted by Crippen LogP contribution is -2.34. The van der Waals surface area contributed by atoms with E-state index in [1.165, 1.54) is 31.5 Å². The first-order valence-electron chi connectivity index (χ1n) is 10.2. The van der Waals surface area contributed by atoms with E-state index in [2.05, 4.69) is 10.3 Å². The van der Waals surface area contributed by atoms with Gasteiger partial charge in [-0.1, -0.05) is 11.6 Å². The predicted octanol–water partition coefficient (Wildman–Crippen LogP) is 4.10. The first kappa shape index (κ1) is 25.8. The summed E-state index contributed by atoms with van der Waals surface area (Å²) < 4.78 is 60.3. The van der Waals surface area contributed by atoms with E-state index in [1.807, 2.05) is 0 Å². The minimum atomic E-state index is -4.73. The summed E-state index contributed by atoms with van der Waals surface area (Å²) in [6.45, 7) is 2.74. The lowest BCUT2D eigenvalue weighted by molar-refractivity contribution is -0.137. The van der Waals surface area contributed by atoms with Crippen LogP contribution in [0.1, 0.15) is 29.3 Å². The number of hydrogen-bond donors (Lipinski definition) is 2. The van der Waals surface area contributed by atoms with Gasteiger partial charge in [0.1, 0.15) is 5.03 Å². The molecular formula is C21H23ClF3N5O3S. The number of carbonyl (C=O) groups excluding carboxylic acids is 2. The van der Waals surface area contributed by atoms with Crippen LogP contribution in [0.15, 0.2) is 35.5 Å². The van der Waals surface area contributed by atoms with Crippen molar-refractivity contribution in [3.05, 3.63) is 46.6 Å². The summed E-state index contributed by atoms with van der Waals surface area (Å²) in [7, 11) is -3.15. The van der Waals surface area contributed by atoms with Gasteiger partial charge >= 0.3 is 6.18 Å². The van der Waals surface area contributed by atoms with E-state index in [9.17, 15) is 27.0 Å². The number of benzene rings is 1. The molecule has 2 heterocycles. The summed E-state index contributed by atoms with van der Waals surface area (Å²) in [6.07, 6.45) is -1.77. The molecule has 0 radical (unpaired) electrons. The van der Waals surface area contributed by atoms with Gasteiger partial charge in [-0.25, -0.2) is 14.0 Å². The van der Waals surface area contributed by atoms with Crippen LogP contribution < -0.4 is 10.2 Å². The second-order valence-corrected chi connectivity index (χ2v) is 10.4. The van der Waals surface area contributed by atoms with Gasteiger partial charge in [0.2, 0.25) is 5.91 Å². The number of halogens is 4. The predicted molar refractivity (Wildman–Crippen MR) is 123 cm³/mol. The third-order valence-corrected chi connectivity index (χ3v) is 6.64. The van der Waals surface area contributed by atoms with Gasteiger partial charge in [0.05, 0.1) is 31.6 Å². The molecule has 1 aromatic carbocycles. The third kappa shape index (κ3) is 5.98. The van der Waals surface area contributed by atoms with Crippen LogP contribution in [-0.2, 0) is 20.7 Å². The molecule has 0 aliphatic carbocycles. The second-order valence-electron chi connectivity index (χ2n) is 7.87. The van der Waals surface area contributed by atoms with Gasteiger partial charge in [-0.2, -0.15) is 13.2 Å². The molecule has 1 aliphatic rings. The highest BCUT2D eigenvalue weighted by Crippen LogP contribution is 2.39. The van der Waals surface area contributed by atoms with Gasteiger partial charge in [0.25, 0.3) is 5.91 Å². The number of rotatable bonds is 4. The summed E-state index contributed by atoms with van der Waals surface area (Å²) in [5, 5.41) is 1.89. The molecule has 2 aromatic rings. The standard InChI is InChI=1S/C21H23ClF3N5O3S/c1-13(31)29-6-3-7-30(9-8-29)18-12-16(21(23,24)25)17(22)11-15(18)20(32)28-14-4-5-27-19(10-14)34(2,26)33/h4-5,10-12,26H,3,6-9H2,1-2H3,(H,27,28,32). The number of alkyl halides is 3. The Morgan fingerprint density at radius 2 is 1.88 bits per heavy atom.